The van der Waals surface area contributed by atoms with Crippen molar-refractivity contribution in [3.05, 3.63) is 59.7 Å². The van der Waals surface area contributed by atoms with Crippen molar-refractivity contribution >= 4 is 27.0 Å². The number of halogens is 1. The summed E-state index contributed by atoms with van der Waals surface area (Å²) in [5.74, 6) is 0.271. The van der Waals surface area contributed by atoms with Gasteiger partial charge in [-0.2, -0.15) is 4.31 Å². The number of nitrogens with one attached hydrogen (secondary N) is 1. The van der Waals surface area contributed by atoms with Gasteiger partial charge in [0.1, 0.15) is 11.6 Å². The zero-order chi connectivity index (χ0) is 22.7. The van der Waals surface area contributed by atoms with Gasteiger partial charge in [-0.3, -0.25) is 4.79 Å². The Morgan fingerprint density at radius 3 is 2.53 bits per heavy atom. The van der Waals surface area contributed by atoms with Crippen LogP contribution in [0, 0.1) is 5.82 Å². The Morgan fingerprint density at radius 2 is 1.81 bits per heavy atom. The first kappa shape index (κ1) is 22.4. The summed E-state index contributed by atoms with van der Waals surface area (Å²) >= 11 is 0. The van der Waals surface area contributed by atoms with E-state index >= 15 is 0 Å². The third-order valence-corrected chi connectivity index (χ3v) is 7.77. The molecule has 2 aromatic carbocycles. The minimum atomic E-state index is -3.52. The number of hydrogen-bond acceptors (Lipinski definition) is 4. The lowest BCUT2D eigenvalue weighted by Crippen LogP contribution is -2.35. The van der Waals surface area contributed by atoms with Crippen LogP contribution in [0.5, 0.6) is 0 Å². The van der Waals surface area contributed by atoms with Crippen molar-refractivity contribution in [3.63, 3.8) is 0 Å². The van der Waals surface area contributed by atoms with Gasteiger partial charge < -0.3 is 9.88 Å². The van der Waals surface area contributed by atoms with Crippen molar-refractivity contribution in [1.82, 2.24) is 19.2 Å². The molecule has 9 heteroatoms. The first-order chi connectivity index (χ1) is 15.3. The second-order valence-electron chi connectivity index (χ2n) is 8.11. The number of imidazole rings is 1. The van der Waals surface area contributed by atoms with Crippen LogP contribution in [0.2, 0.25) is 0 Å². The van der Waals surface area contributed by atoms with Gasteiger partial charge >= 0.3 is 0 Å². The molecule has 1 aliphatic rings. The lowest BCUT2D eigenvalue weighted by molar-refractivity contribution is -0.121. The quantitative estimate of drug-likeness (QED) is 0.590. The molecule has 0 saturated carbocycles. The molecule has 3 aromatic rings. The standard InChI is InChI=1S/C23H27FN4O3S/c1-27-21-10-9-19(32(30,31)28-13-3-2-4-14-28)15-20(21)26-22(27)11-12-23(29)25-16-17-5-7-18(24)8-6-17/h5-10,15H,2-4,11-14,16H2,1H3,(H,25,29). The fraction of sp³-hybridized carbons (Fsp3) is 0.391. The summed E-state index contributed by atoms with van der Waals surface area (Å²) in [5.41, 5.74) is 2.25. The zero-order valence-electron chi connectivity index (χ0n) is 18.1. The van der Waals surface area contributed by atoms with E-state index in [-0.39, 0.29) is 23.0 Å². The van der Waals surface area contributed by atoms with Crippen LogP contribution in [0.3, 0.4) is 0 Å². The van der Waals surface area contributed by atoms with E-state index in [1.807, 2.05) is 11.6 Å². The molecule has 7 nitrogen and oxygen atoms in total. The van der Waals surface area contributed by atoms with Crippen molar-refractivity contribution in [2.24, 2.45) is 7.05 Å². The Hall–Kier alpha value is -2.78. The second-order valence-corrected chi connectivity index (χ2v) is 10.0. The third-order valence-electron chi connectivity index (χ3n) is 5.88. The van der Waals surface area contributed by atoms with Crippen LogP contribution >= 0.6 is 0 Å². The molecule has 1 N–H and O–H groups in total. The molecule has 2 heterocycles. The molecule has 4 rings (SSSR count). The van der Waals surface area contributed by atoms with Gasteiger partial charge in [-0.1, -0.05) is 18.6 Å². The van der Waals surface area contributed by atoms with Gasteiger partial charge in [-0.15, -0.1) is 0 Å². The number of aryl methyl sites for hydroxylation is 2. The number of fused-ring (bicyclic) bond motifs is 1. The Balaban J connectivity index is 1.42. The van der Waals surface area contributed by atoms with Gasteiger partial charge in [0.2, 0.25) is 15.9 Å². The minimum absolute atomic E-state index is 0.130. The molecule has 0 unspecified atom stereocenters. The molecule has 1 aromatic heterocycles. The number of carbonyl (C=O) groups excluding carboxylic acids is 1. The molecular formula is C23H27FN4O3S. The van der Waals surface area contributed by atoms with Crippen LogP contribution < -0.4 is 5.32 Å². The molecule has 0 radical (unpaired) electrons. The van der Waals surface area contributed by atoms with E-state index in [0.29, 0.717) is 37.4 Å². The normalized spacial score (nSPS) is 15.2. The van der Waals surface area contributed by atoms with Crippen LogP contribution in [0.25, 0.3) is 11.0 Å². The predicted molar refractivity (Wildman–Crippen MR) is 120 cm³/mol. The molecule has 0 atom stereocenters. The highest BCUT2D eigenvalue weighted by atomic mass is 32.2. The third kappa shape index (κ3) is 4.83. The molecule has 1 amide bonds. The van der Waals surface area contributed by atoms with E-state index in [2.05, 4.69) is 10.3 Å². The molecule has 0 aliphatic carbocycles. The predicted octanol–water partition coefficient (Wildman–Crippen LogP) is 3.14. The van der Waals surface area contributed by atoms with Crippen molar-refractivity contribution in [2.45, 2.75) is 43.5 Å². The van der Waals surface area contributed by atoms with Gasteiger partial charge in [-0.25, -0.2) is 17.8 Å². The van der Waals surface area contributed by atoms with Gasteiger partial charge in [0.25, 0.3) is 0 Å². The maximum absolute atomic E-state index is 13.0. The Kier molecular flexibility index (Phi) is 6.57. The molecule has 170 valence electrons. The monoisotopic (exact) mass is 458 g/mol. The van der Waals surface area contributed by atoms with Crippen LogP contribution in [-0.2, 0) is 34.8 Å². The Morgan fingerprint density at radius 1 is 1.09 bits per heavy atom. The van der Waals surface area contributed by atoms with E-state index in [4.69, 9.17) is 0 Å². The maximum Gasteiger partial charge on any atom is 0.243 e. The summed E-state index contributed by atoms with van der Waals surface area (Å²) in [6.45, 7) is 1.45. The van der Waals surface area contributed by atoms with Crippen molar-refractivity contribution in [3.8, 4) is 0 Å². The van der Waals surface area contributed by atoms with Gasteiger partial charge in [0, 0.05) is 39.5 Å². The van der Waals surface area contributed by atoms with Gasteiger partial charge in [0.15, 0.2) is 0 Å². The summed E-state index contributed by atoms with van der Waals surface area (Å²) in [5, 5.41) is 2.82. The largest absolute Gasteiger partial charge is 0.352 e. The topological polar surface area (TPSA) is 84.3 Å². The molecule has 1 aliphatic heterocycles. The summed E-state index contributed by atoms with van der Waals surface area (Å²) in [7, 11) is -1.66. The van der Waals surface area contributed by atoms with E-state index in [1.54, 1.807) is 34.6 Å². The number of hydrogen-bond donors (Lipinski definition) is 1. The average Bonchev–Trinajstić information content (AvgIpc) is 3.12. The van der Waals surface area contributed by atoms with Crippen LogP contribution in [0.15, 0.2) is 47.4 Å². The summed E-state index contributed by atoms with van der Waals surface area (Å²) < 4.78 is 42.3. The van der Waals surface area contributed by atoms with E-state index in [0.717, 1.165) is 30.3 Å². The first-order valence-corrected chi connectivity index (χ1v) is 12.3. The van der Waals surface area contributed by atoms with Crippen LogP contribution in [0.1, 0.15) is 37.1 Å². The van der Waals surface area contributed by atoms with Gasteiger partial charge in [-0.05, 0) is 48.7 Å². The molecule has 0 bridgehead atoms. The highest BCUT2D eigenvalue weighted by Crippen LogP contribution is 2.24. The lowest BCUT2D eigenvalue weighted by atomic mass is 10.2. The van der Waals surface area contributed by atoms with Crippen molar-refractivity contribution in [2.75, 3.05) is 13.1 Å². The number of sulfonamides is 1. The average molecular weight is 459 g/mol. The fourth-order valence-corrected chi connectivity index (χ4v) is 5.52. The number of benzene rings is 2. The minimum Gasteiger partial charge on any atom is -0.352 e. The van der Waals surface area contributed by atoms with Crippen LogP contribution in [-0.4, -0.2) is 41.3 Å². The number of piperidine rings is 1. The SMILES string of the molecule is Cn1c(CCC(=O)NCc2ccc(F)cc2)nc2cc(S(=O)(=O)N3CCCCC3)ccc21. The van der Waals surface area contributed by atoms with E-state index in [9.17, 15) is 17.6 Å². The first-order valence-electron chi connectivity index (χ1n) is 10.8. The molecular weight excluding hydrogens is 431 g/mol. The molecule has 0 spiro atoms. The zero-order valence-corrected chi connectivity index (χ0v) is 18.9. The van der Waals surface area contributed by atoms with Crippen molar-refractivity contribution < 1.29 is 17.6 Å². The summed E-state index contributed by atoms with van der Waals surface area (Å²) in [4.78, 5) is 17.1. The number of aromatic nitrogens is 2. The van der Waals surface area contributed by atoms with E-state index < -0.39 is 10.0 Å². The van der Waals surface area contributed by atoms with E-state index in [1.165, 1.54) is 12.1 Å². The number of nitrogens with zero attached hydrogens (tertiary/aromatic N) is 3. The second kappa shape index (κ2) is 9.38. The Bertz CT molecular complexity index is 1220. The Labute approximate surface area is 187 Å². The fourth-order valence-electron chi connectivity index (χ4n) is 3.98. The molecule has 32 heavy (non-hydrogen) atoms. The number of rotatable bonds is 7. The summed E-state index contributed by atoms with van der Waals surface area (Å²) in [6, 6.07) is 11.0. The highest BCUT2D eigenvalue weighted by molar-refractivity contribution is 7.89. The van der Waals surface area contributed by atoms with Gasteiger partial charge in [0.05, 0.1) is 15.9 Å². The highest BCUT2D eigenvalue weighted by Gasteiger charge is 2.26. The summed E-state index contributed by atoms with van der Waals surface area (Å²) in [6.07, 6.45) is 3.51. The number of amides is 1. The molecule has 1 fully saturated rings. The van der Waals surface area contributed by atoms with Crippen molar-refractivity contribution in [1.29, 1.82) is 0 Å². The smallest absolute Gasteiger partial charge is 0.243 e. The van der Waals surface area contributed by atoms with Crippen LogP contribution in [0.4, 0.5) is 4.39 Å². The maximum atomic E-state index is 13.0. The number of carbonyl (C=O) groups is 1. The molecule has 1 saturated heterocycles. The lowest BCUT2D eigenvalue weighted by Gasteiger charge is -2.25.